The molecule has 13 heteroatoms. The van der Waals surface area contributed by atoms with Crippen molar-refractivity contribution < 1.29 is 27.4 Å². The first-order valence-electron chi connectivity index (χ1n) is 12.0. The summed E-state index contributed by atoms with van der Waals surface area (Å²) in [5.41, 5.74) is 0.0210. The van der Waals surface area contributed by atoms with E-state index in [4.69, 9.17) is 29.2 Å². The second-order valence-corrected chi connectivity index (χ2v) is 8.77. The molecule has 2 fully saturated rings. The number of fused-ring (bicyclic) bond motifs is 1. The van der Waals surface area contributed by atoms with Gasteiger partial charge in [0.25, 0.3) is 0 Å². The van der Waals surface area contributed by atoms with Gasteiger partial charge in [-0.1, -0.05) is 0 Å². The fourth-order valence-electron chi connectivity index (χ4n) is 4.55. The Morgan fingerprint density at radius 3 is 2.16 bits per heavy atom. The molecule has 0 atom stereocenters. The van der Waals surface area contributed by atoms with Crippen LogP contribution < -0.4 is 24.2 Å². The minimum absolute atomic E-state index is 0.0552. The van der Waals surface area contributed by atoms with Crippen LogP contribution in [-0.4, -0.2) is 79.2 Å². The van der Waals surface area contributed by atoms with Gasteiger partial charge in [-0.2, -0.15) is 28.1 Å². The second-order valence-electron chi connectivity index (χ2n) is 8.77. The number of aromatic nitrogens is 4. The molecule has 0 spiro atoms. The standard InChI is InChI=1S/C24H24F3N7O3/c25-24(26,27)17-2-1-5-28-21(17)32-6-8-33(9-7-32)22-29-20(16-3-4-18-19(14-16)37-15-36-18)30-23(31-22)34-10-12-35-13-11-34/h1-5,14H,6-13,15H2. The predicted octanol–water partition coefficient (Wildman–Crippen LogP) is 2.84. The maximum absolute atomic E-state index is 13.5. The molecule has 3 aliphatic rings. The van der Waals surface area contributed by atoms with Gasteiger partial charge in [0.1, 0.15) is 5.82 Å². The molecule has 2 aromatic heterocycles. The summed E-state index contributed by atoms with van der Waals surface area (Å²) in [7, 11) is 0. The fraction of sp³-hybridized carbons (Fsp3) is 0.417. The van der Waals surface area contributed by atoms with Gasteiger partial charge in [-0.15, -0.1) is 0 Å². The van der Waals surface area contributed by atoms with Crippen LogP contribution >= 0.6 is 0 Å². The highest BCUT2D eigenvalue weighted by Gasteiger charge is 2.36. The molecule has 0 radical (unpaired) electrons. The van der Waals surface area contributed by atoms with E-state index in [0.29, 0.717) is 81.7 Å². The lowest BCUT2D eigenvalue weighted by Gasteiger charge is -2.36. The predicted molar refractivity (Wildman–Crippen MR) is 128 cm³/mol. The van der Waals surface area contributed by atoms with E-state index in [0.717, 1.165) is 11.6 Å². The summed E-state index contributed by atoms with van der Waals surface area (Å²) in [5.74, 6) is 2.72. The van der Waals surface area contributed by atoms with Crippen molar-refractivity contribution >= 4 is 17.7 Å². The molecular formula is C24H24F3N7O3. The third kappa shape index (κ3) is 4.78. The van der Waals surface area contributed by atoms with Crippen LogP contribution in [0.5, 0.6) is 11.5 Å². The third-order valence-electron chi connectivity index (χ3n) is 6.49. The second kappa shape index (κ2) is 9.54. The number of nitrogens with zero attached hydrogens (tertiary/aromatic N) is 7. The van der Waals surface area contributed by atoms with Gasteiger partial charge in [0, 0.05) is 51.0 Å². The number of rotatable bonds is 4. The topological polar surface area (TPSA) is 89.0 Å². The van der Waals surface area contributed by atoms with E-state index in [2.05, 4.69) is 4.98 Å². The third-order valence-corrected chi connectivity index (χ3v) is 6.49. The molecule has 5 heterocycles. The van der Waals surface area contributed by atoms with Crippen molar-refractivity contribution in [3.63, 3.8) is 0 Å². The van der Waals surface area contributed by atoms with E-state index in [1.54, 1.807) is 4.90 Å². The summed E-state index contributed by atoms with van der Waals surface area (Å²) in [6.07, 6.45) is -3.09. The number of benzene rings is 1. The smallest absolute Gasteiger partial charge is 0.419 e. The average Bonchev–Trinajstić information content (AvgIpc) is 3.41. The van der Waals surface area contributed by atoms with E-state index in [1.807, 2.05) is 28.0 Å². The van der Waals surface area contributed by atoms with Crippen LogP contribution in [0.4, 0.5) is 30.9 Å². The molecule has 0 saturated carbocycles. The van der Waals surface area contributed by atoms with E-state index in [-0.39, 0.29) is 12.6 Å². The van der Waals surface area contributed by atoms with Crippen molar-refractivity contribution in [3.8, 4) is 22.9 Å². The Morgan fingerprint density at radius 1 is 0.757 bits per heavy atom. The van der Waals surface area contributed by atoms with Crippen LogP contribution in [0, 0.1) is 0 Å². The zero-order valence-corrected chi connectivity index (χ0v) is 19.8. The Kier molecular flexibility index (Phi) is 6.07. The van der Waals surface area contributed by atoms with Crippen molar-refractivity contribution in [1.82, 2.24) is 19.9 Å². The number of hydrogen-bond donors (Lipinski definition) is 0. The number of hydrogen-bond acceptors (Lipinski definition) is 10. The highest BCUT2D eigenvalue weighted by Crippen LogP contribution is 2.37. The summed E-state index contributed by atoms with van der Waals surface area (Å²) in [6, 6.07) is 7.89. The molecule has 2 saturated heterocycles. The number of ether oxygens (including phenoxy) is 3. The maximum atomic E-state index is 13.5. The van der Waals surface area contributed by atoms with Gasteiger partial charge in [0.2, 0.25) is 18.7 Å². The first kappa shape index (κ1) is 23.5. The minimum atomic E-state index is -4.47. The number of alkyl halides is 3. The molecule has 3 aromatic rings. The van der Waals surface area contributed by atoms with E-state index in [9.17, 15) is 13.2 Å². The Hall–Kier alpha value is -3.87. The van der Waals surface area contributed by atoms with Gasteiger partial charge >= 0.3 is 6.18 Å². The van der Waals surface area contributed by atoms with Crippen LogP contribution in [-0.2, 0) is 10.9 Å². The van der Waals surface area contributed by atoms with E-state index < -0.39 is 11.7 Å². The molecule has 0 bridgehead atoms. The lowest BCUT2D eigenvalue weighted by molar-refractivity contribution is -0.137. The summed E-state index contributed by atoms with van der Waals surface area (Å²) in [4.78, 5) is 23.9. The number of anilines is 3. The van der Waals surface area contributed by atoms with Crippen molar-refractivity contribution in [2.45, 2.75) is 6.18 Å². The highest BCUT2D eigenvalue weighted by atomic mass is 19.4. The minimum Gasteiger partial charge on any atom is -0.454 e. The molecule has 10 nitrogen and oxygen atoms in total. The lowest BCUT2D eigenvalue weighted by Crippen LogP contribution is -2.48. The zero-order chi connectivity index (χ0) is 25.4. The maximum Gasteiger partial charge on any atom is 0.419 e. The van der Waals surface area contributed by atoms with Crippen LogP contribution in [0.3, 0.4) is 0 Å². The van der Waals surface area contributed by atoms with Crippen molar-refractivity contribution in [3.05, 3.63) is 42.1 Å². The van der Waals surface area contributed by atoms with Gasteiger partial charge in [0.15, 0.2) is 17.3 Å². The summed E-state index contributed by atoms with van der Waals surface area (Å²) < 4.78 is 57.0. The molecule has 0 unspecified atom stereocenters. The molecule has 0 N–H and O–H groups in total. The number of piperazine rings is 1. The first-order valence-corrected chi connectivity index (χ1v) is 12.0. The molecular weight excluding hydrogens is 491 g/mol. The van der Waals surface area contributed by atoms with Crippen LogP contribution in [0.2, 0.25) is 0 Å². The highest BCUT2D eigenvalue weighted by molar-refractivity contribution is 5.64. The summed E-state index contributed by atoms with van der Waals surface area (Å²) in [5, 5.41) is 0. The Balaban J connectivity index is 1.28. The average molecular weight is 515 g/mol. The molecule has 6 rings (SSSR count). The number of pyridine rings is 1. The molecule has 194 valence electrons. The molecule has 0 aliphatic carbocycles. The molecule has 1 aromatic carbocycles. The van der Waals surface area contributed by atoms with Crippen LogP contribution in [0.15, 0.2) is 36.5 Å². The van der Waals surface area contributed by atoms with Crippen LogP contribution in [0.1, 0.15) is 5.56 Å². The van der Waals surface area contributed by atoms with Gasteiger partial charge < -0.3 is 28.9 Å². The molecule has 0 amide bonds. The van der Waals surface area contributed by atoms with E-state index >= 15 is 0 Å². The van der Waals surface area contributed by atoms with Crippen molar-refractivity contribution in [1.29, 1.82) is 0 Å². The summed E-state index contributed by atoms with van der Waals surface area (Å²) >= 11 is 0. The van der Waals surface area contributed by atoms with Gasteiger partial charge in [0.05, 0.1) is 18.8 Å². The SMILES string of the molecule is FC(F)(F)c1cccnc1N1CCN(c2nc(-c3ccc4c(c3)OCO4)nc(N3CCOCC3)n2)CC1. The summed E-state index contributed by atoms with van der Waals surface area (Å²) in [6.45, 7) is 4.17. The van der Waals surface area contributed by atoms with Crippen molar-refractivity contribution in [2.24, 2.45) is 0 Å². The Morgan fingerprint density at radius 2 is 1.43 bits per heavy atom. The van der Waals surface area contributed by atoms with E-state index in [1.165, 1.54) is 12.3 Å². The largest absolute Gasteiger partial charge is 0.454 e. The van der Waals surface area contributed by atoms with Gasteiger partial charge in [-0.25, -0.2) is 4.98 Å². The van der Waals surface area contributed by atoms with Crippen molar-refractivity contribution in [2.75, 3.05) is 74.0 Å². The Labute approximate surface area is 210 Å². The normalized spacial score (nSPS) is 17.9. The molecule has 3 aliphatic heterocycles. The van der Waals surface area contributed by atoms with Crippen LogP contribution in [0.25, 0.3) is 11.4 Å². The number of morpholine rings is 1. The number of halogens is 3. The van der Waals surface area contributed by atoms with Gasteiger partial charge in [-0.3, -0.25) is 0 Å². The quantitative estimate of drug-likeness (QED) is 0.517. The lowest BCUT2D eigenvalue weighted by atomic mass is 10.2. The first-order chi connectivity index (χ1) is 18.0. The molecule has 37 heavy (non-hydrogen) atoms. The Bertz CT molecular complexity index is 1280. The monoisotopic (exact) mass is 515 g/mol. The van der Waals surface area contributed by atoms with Gasteiger partial charge in [-0.05, 0) is 30.3 Å². The zero-order valence-electron chi connectivity index (χ0n) is 19.8. The fourth-order valence-corrected chi connectivity index (χ4v) is 4.55.